The highest BCUT2D eigenvalue weighted by atomic mass is 35.5. The zero-order valence-corrected chi connectivity index (χ0v) is 13.6. The number of benzene rings is 1. The number of halogens is 2. The largest absolute Gasteiger partial charge is 0.368 e. The maximum Gasteiger partial charge on any atom is 0.228 e. The van der Waals surface area contributed by atoms with E-state index < -0.39 is 0 Å². The molecule has 0 unspecified atom stereocenters. The Balaban J connectivity index is 2.01. The van der Waals surface area contributed by atoms with Gasteiger partial charge in [-0.15, -0.1) is 0 Å². The highest BCUT2D eigenvalue weighted by Crippen LogP contribution is 2.28. The van der Waals surface area contributed by atoms with Gasteiger partial charge in [-0.05, 0) is 18.2 Å². The lowest BCUT2D eigenvalue weighted by Crippen LogP contribution is -2.51. The van der Waals surface area contributed by atoms with Crippen LogP contribution in [0.2, 0.25) is 10.0 Å². The first-order valence-electron chi connectivity index (χ1n) is 6.78. The molecule has 1 saturated heterocycles. The summed E-state index contributed by atoms with van der Waals surface area (Å²) < 4.78 is 0. The summed E-state index contributed by atoms with van der Waals surface area (Å²) in [6.07, 6.45) is 0. The number of amides is 1. The van der Waals surface area contributed by atoms with E-state index in [0.717, 1.165) is 31.9 Å². The van der Waals surface area contributed by atoms with Crippen molar-refractivity contribution in [1.82, 2.24) is 4.90 Å². The molecule has 1 heterocycles. The lowest BCUT2D eigenvalue weighted by atomic mass is 9.94. The van der Waals surface area contributed by atoms with E-state index in [4.69, 9.17) is 23.2 Å². The van der Waals surface area contributed by atoms with Gasteiger partial charge in [0.15, 0.2) is 0 Å². The highest BCUT2D eigenvalue weighted by molar-refractivity contribution is 6.42. The van der Waals surface area contributed by atoms with Crippen molar-refractivity contribution in [3.05, 3.63) is 28.2 Å². The topological polar surface area (TPSA) is 23.6 Å². The Hall–Kier alpha value is -0.930. The molecule has 2 rings (SSSR count). The molecule has 0 spiro atoms. The molecule has 1 aromatic carbocycles. The molecule has 110 valence electrons. The molecule has 1 aliphatic rings. The Bertz CT molecular complexity index is 503. The summed E-state index contributed by atoms with van der Waals surface area (Å²) in [7, 11) is 0. The molecule has 0 bridgehead atoms. The van der Waals surface area contributed by atoms with E-state index in [2.05, 4.69) is 4.90 Å². The minimum absolute atomic E-state index is 0.214. The van der Waals surface area contributed by atoms with Crippen LogP contribution in [-0.2, 0) is 4.79 Å². The van der Waals surface area contributed by atoms with Crippen molar-refractivity contribution in [3.63, 3.8) is 0 Å². The standard InChI is InChI=1S/C15H20Cl2N2O/c1-15(2,3)14(20)19-8-6-18(7-9-19)11-4-5-12(16)13(17)10-11/h4-5,10H,6-9H2,1-3H3. The van der Waals surface area contributed by atoms with Crippen molar-refractivity contribution in [2.45, 2.75) is 20.8 Å². The molecule has 0 aromatic heterocycles. The molecule has 0 radical (unpaired) electrons. The van der Waals surface area contributed by atoms with Gasteiger partial charge in [0.25, 0.3) is 0 Å². The van der Waals surface area contributed by atoms with Gasteiger partial charge in [0.2, 0.25) is 5.91 Å². The number of anilines is 1. The van der Waals surface area contributed by atoms with E-state index >= 15 is 0 Å². The predicted molar refractivity (Wildman–Crippen MR) is 84.7 cm³/mol. The van der Waals surface area contributed by atoms with Gasteiger partial charge in [-0.25, -0.2) is 0 Å². The SMILES string of the molecule is CC(C)(C)C(=O)N1CCN(c2ccc(Cl)c(Cl)c2)CC1. The Labute approximate surface area is 130 Å². The quantitative estimate of drug-likeness (QED) is 0.789. The summed E-state index contributed by atoms with van der Waals surface area (Å²) in [6.45, 7) is 9.01. The number of nitrogens with zero attached hydrogens (tertiary/aromatic N) is 2. The molecular weight excluding hydrogens is 295 g/mol. The average Bonchev–Trinajstić information content (AvgIpc) is 2.40. The third-order valence-corrected chi connectivity index (χ3v) is 4.22. The third kappa shape index (κ3) is 3.39. The Morgan fingerprint density at radius 3 is 2.15 bits per heavy atom. The van der Waals surface area contributed by atoms with Crippen molar-refractivity contribution in [2.24, 2.45) is 5.41 Å². The van der Waals surface area contributed by atoms with E-state index in [1.807, 2.05) is 43.9 Å². The van der Waals surface area contributed by atoms with Gasteiger partial charge in [0, 0.05) is 37.3 Å². The van der Waals surface area contributed by atoms with E-state index in [1.165, 1.54) is 0 Å². The van der Waals surface area contributed by atoms with Gasteiger partial charge in [-0.3, -0.25) is 4.79 Å². The Morgan fingerprint density at radius 1 is 1.05 bits per heavy atom. The fourth-order valence-corrected chi connectivity index (χ4v) is 2.62. The molecule has 0 N–H and O–H groups in total. The average molecular weight is 315 g/mol. The van der Waals surface area contributed by atoms with Crippen molar-refractivity contribution in [3.8, 4) is 0 Å². The van der Waals surface area contributed by atoms with E-state index in [0.29, 0.717) is 10.0 Å². The molecule has 1 aliphatic heterocycles. The second kappa shape index (κ2) is 5.82. The molecule has 3 nitrogen and oxygen atoms in total. The molecule has 1 amide bonds. The van der Waals surface area contributed by atoms with Crippen LogP contribution in [0.4, 0.5) is 5.69 Å². The van der Waals surface area contributed by atoms with Crippen LogP contribution in [0.25, 0.3) is 0 Å². The fourth-order valence-electron chi connectivity index (χ4n) is 2.32. The number of carbonyl (C=O) groups excluding carboxylic acids is 1. The smallest absolute Gasteiger partial charge is 0.228 e. The van der Waals surface area contributed by atoms with Crippen LogP contribution in [0.15, 0.2) is 18.2 Å². The van der Waals surface area contributed by atoms with E-state index in [-0.39, 0.29) is 11.3 Å². The van der Waals surface area contributed by atoms with Crippen LogP contribution in [-0.4, -0.2) is 37.0 Å². The molecule has 0 aliphatic carbocycles. The zero-order chi connectivity index (χ0) is 14.9. The lowest BCUT2D eigenvalue weighted by Gasteiger charge is -2.38. The Kier molecular flexibility index (Phi) is 4.50. The first-order chi connectivity index (χ1) is 9.29. The Morgan fingerprint density at radius 2 is 1.65 bits per heavy atom. The van der Waals surface area contributed by atoms with Gasteiger partial charge in [-0.1, -0.05) is 44.0 Å². The van der Waals surface area contributed by atoms with Crippen LogP contribution in [0.3, 0.4) is 0 Å². The molecule has 1 fully saturated rings. The summed E-state index contributed by atoms with van der Waals surface area (Å²) in [6, 6.07) is 5.66. The van der Waals surface area contributed by atoms with Crippen LogP contribution in [0, 0.1) is 5.41 Å². The number of piperazine rings is 1. The second-order valence-corrected chi connectivity index (χ2v) is 6.94. The van der Waals surface area contributed by atoms with Gasteiger partial charge in [0.05, 0.1) is 10.0 Å². The minimum atomic E-state index is -0.314. The third-order valence-electron chi connectivity index (χ3n) is 3.48. The monoisotopic (exact) mass is 314 g/mol. The van der Waals surface area contributed by atoms with Gasteiger partial charge < -0.3 is 9.80 Å². The summed E-state index contributed by atoms with van der Waals surface area (Å²) in [5, 5.41) is 1.13. The number of carbonyl (C=O) groups is 1. The fraction of sp³-hybridized carbons (Fsp3) is 0.533. The number of rotatable bonds is 1. The first-order valence-corrected chi connectivity index (χ1v) is 7.54. The van der Waals surface area contributed by atoms with Crippen LogP contribution < -0.4 is 4.90 Å². The summed E-state index contributed by atoms with van der Waals surface area (Å²) in [4.78, 5) is 16.4. The maximum absolute atomic E-state index is 12.2. The van der Waals surface area contributed by atoms with Crippen molar-refractivity contribution >= 4 is 34.8 Å². The highest BCUT2D eigenvalue weighted by Gasteiger charge is 2.29. The van der Waals surface area contributed by atoms with Crippen LogP contribution >= 0.6 is 23.2 Å². The zero-order valence-electron chi connectivity index (χ0n) is 12.1. The van der Waals surface area contributed by atoms with Crippen molar-refractivity contribution in [2.75, 3.05) is 31.1 Å². The molecule has 20 heavy (non-hydrogen) atoms. The summed E-state index contributed by atoms with van der Waals surface area (Å²) in [5.74, 6) is 0.214. The van der Waals surface area contributed by atoms with Crippen molar-refractivity contribution in [1.29, 1.82) is 0 Å². The number of hydrogen-bond acceptors (Lipinski definition) is 2. The molecule has 5 heteroatoms. The van der Waals surface area contributed by atoms with Gasteiger partial charge in [0.1, 0.15) is 0 Å². The van der Waals surface area contributed by atoms with Gasteiger partial charge >= 0.3 is 0 Å². The summed E-state index contributed by atoms with van der Waals surface area (Å²) in [5.41, 5.74) is 0.744. The van der Waals surface area contributed by atoms with Crippen LogP contribution in [0.1, 0.15) is 20.8 Å². The molecule has 1 aromatic rings. The second-order valence-electron chi connectivity index (χ2n) is 6.13. The first kappa shape index (κ1) is 15.5. The van der Waals surface area contributed by atoms with Crippen LogP contribution in [0.5, 0.6) is 0 Å². The van der Waals surface area contributed by atoms with E-state index in [9.17, 15) is 4.79 Å². The molecule has 0 saturated carbocycles. The minimum Gasteiger partial charge on any atom is -0.368 e. The van der Waals surface area contributed by atoms with E-state index in [1.54, 1.807) is 0 Å². The predicted octanol–water partition coefficient (Wildman–Crippen LogP) is 3.69. The lowest BCUT2D eigenvalue weighted by molar-refractivity contribution is -0.139. The maximum atomic E-state index is 12.2. The van der Waals surface area contributed by atoms with Gasteiger partial charge in [-0.2, -0.15) is 0 Å². The molecule has 0 atom stereocenters. The molecular formula is C15H20Cl2N2O. The van der Waals surface area contributed by atoms with Crippen molar-refractivity contribution < 1.29 is 4.79 Å². The summed E-state index contributed by atoms with van der Waals surface area (Å²) >= 11 is 12.0. The normalized spacial score (nSPS) is 16.4. The number of hydrogen-bond donors (Lipinski definition) is 0.